The molecule has 0 heterocycles. The molecule has 2 aliphatic rings. The Labute approximate surface area is 110 Å². The van der Waals surface area contributed by atoms with E-state index < -0.39 is 0 Å². The second-order valence-electron chi connectivity index (χ2n) is 4.97. The fourth-order valence-corrected chi connectivity index (χ4v) is 7.27. The van der Waals surface area contributed by atoms with Gasteiger partial charge in [0.2, 0.25) is 0 Å². The molecule has 0 N–H and O–H groups in total. The third kappa shape index (κ3) is 0.988. The Morgan fingerprint density at radius 2 is 2.00 bits per heavy atom. The van der Waals surface area contributed by atoms with Crippen LogP contribution >= 0.6 is 47.8 Å². The highest BCUT2D eigenvalue weighted by Gasteiger charge is 2.73. The number of carbonyl (C=O) groups excluding carboxylic acids is 1. The molecule has 1 nitrogen and oxygen atoms in total. The van der Waals surface area contributed by atoms with Crippen LogP contribution in [0.2, 0.25) is 0 Å². The first kappa shape index (κ1) is 11.6. The molecule has 0 aliphatic heterocycles. The maximum absolute atomic E-state index is 12.3. The first-order valence-electron chi connectivity index (χ1n) is 4.77. The lowest BCUT2D eigenvalue weighted by atomic mass is 9.65. The molecule has 0 unspecified atom stereocenters. The van der Waals surface area contributed by atoms with E-state index in [4.69, 9.17) is 0 Å². The van der Waals surface area contributed by atoms with Gasteiger partial charge in [-0.15, -0.1) is 0 Å². The summed E-state index contributed by atoms with van der Waals surface area (Å²) < 4.78 is -0.315. The molecule has 2 bridgehead atoms. The standard InChI is InChI=1S/C10H13Br3O/c1-8(2)7(14)10(13)4-3-9(8,5-11)6(10)12/h6H,3-5H2,1-2H3/t6-,9+,10-/m0/s1. The lowest BCUT2D eigenvalue weighted by molar-refractivity contribution is -0.131. The predicted octanol–water partition coefficient (Wildman–Crippen LogP) is 3.67. The number of fused-ring (bicyclic) bond motifs is 2. The lowest BCUT2D eigenvalue weighted by Gasteiger charge is -2.40. The number of hydrogen-bond donors (Lipinski definition) is 0. The molecule has 0 amide bonds. The van der Waals surface area contributed by atoms with Crippen LogP contribution in [0.4, 0.5) is 0 Å². The summed E-state index contributed by atoms with van der Waals surface area (Å²) in [6, 6.07) is 0. The Balaban J connectivity index is 2.58. The van der Waals surface area contributed by atoms with Crippen LogP contribution in [0.25, 0.3) is 0 Å². The highest BCUT2D eigenvalue weighted by molar-refractivity contribution is 9.13. The fourth-order valence-electron chi connectivity index (χ4n) is 3.00. The van der Waals surface area contributed by atoms with E-state index in [9.17, 15) is 4.79 Å². The lowest BCUT2D eigenvalue weighted by Crippen LogP contribution is -2.43. The average molecular weight is 389 g/mol. The van der Waals surface area contributed by atoms with E-state index in [-0.39, 0.29) is 20.0 Å². The van der Waals surface area contributed by atoms with E-state index in [2.05, 4.69) is 61.6 Å². The van der Waals surface area contributed by atoms with E-state index in [0.717, 1.165) is 18.2 Å². The second kappa shape index (κ2) is 3.07. The zero-order valence-electron chi connectivity index (χ0n) is 8.24. The van der Waals surface area contributed by atoms with Gasteiger partial charge in [0.15, 0.2) is 5.78 Å². The van der Waals surface area contributed by atoms with Crippen LogP contribution in [0.15, 0.2) is 0 Å². The zero-order chi connectivity index (χ0) is 10.8. The van der Waals surface area contributed by atoms with Crippen LogP contribution in [0.3, 0.4) is 0 Å². The first-order valence-corrected chi connectivity index (χ1v) is 7.60. The molecule has 2 fully saturated rings. The molecule has 2 rings (SSSR count). The first-order chi connectivity index (χ1) is 6.33. The summed E-state index contributed by atoms with van der Waals surface area (Å²) in [4.78, 5) is 12.5. The maximum Gasteiger partial charge on any atom is 0.156 e. The molecular weight excluding hydrogens is 376 g/mol. The smallest absolute Gasteiger partial charge is 0.156 e. The Morgan fingerprint density at radius 3 is 2.29 bits per heavy atom. The molecule has 2 saturated carbocycles. The highest BCUT2D eigenvalue weighted by atomic mass is 79.9. The third-order valence-electron chi connectivity index (χ3n) is 4.25. The minimum absolute atomic E-state index is 0.0770. The van der Waals surface area contributed by atoms with E-state index in [1.807, 2.05) is 0 Å². The quantitative estimate of drug-likeness (QED) is 0.626. The summed E-state index contributed by atoms with van der Waals surface area (Å²) in [7, 11) is 0. The van der Waals surface area contributed by atoms with Gasteiger partial charge in [0.1, 0.15) is 0 Å². The Kier molecular flexibility index (Phi) is 2.54. The molecule has 0 aromatic carbocycles. The van der Waals surface area contributed by atoms with E-state index >= 15 is 0 Å². The minimum Gasteiger partial charge on any atom is -0.297 e. The summed E-state index contributed by atoms with van der Waals surface area (Å²) in [5.74, 6) is 0.359. The zero-order valence-corrected chi connectivity index (χ0v) is 13.0. The van der Waals surface area contributed by atoms with Gasteiger partial charge in [-0.05, 0) is 12.8 Å². The van der Waals surface area contributed by atoms with Crippen molar-refractivity contribution in [2.45, 2.75) is 35.8 Å². The molecule has 0 saturated heterocycles. The van der Waals surface area contributed by atoms with Gasteiger partial charge in [-0.25, -0.2) is 0 Å². The Bertz CT molecular complexity index is 302. The number of halogens is 3. The molecule has 2 aliphatic carbocycles. The summed E-state index contributed by atoms with van der Waals surface area (Å²) in [5, 5.41) is 0.891. The number of alkyl halides is 3. The Morgan fingerprint density at radius 1 is 1.43 bits per heavy atom. The predicted molar refractivity (Wildman–Crippen MR) is 68.6 cm³/mol. The summed E-state index contributed by atoms with van der Waals surface area (Å²) in [6.45, 7) is 4.15. The van der Waals surface area contributed by atoms with Crippen LogP contribution in [0.5, 0.6) is 0 Å². The van der Waals surface area contributed by atoms with Crippen LogP contribution in [0.1, 0.15) is 26.7 Å². The summed E-state index contributed by atoms with van der Waals surface area (Å²) >= 11 is 11.0. The molecule has 0 radical (unpaired) electrons. The summed E-state index contributed by atoms with van der Waals surface area (Å²) in [6.07, 6.45) is 2.06. The number of hydrogen-bond acceptors (Lipinski definition) is 1. The van der Waals surface area contributed by atoms with Crippen LogP contribution in [-0.4, -0.2) is 20.3 Å². The summed E-state index contributed by atoms with van der Waals surface area (Å²) in [5.41, 5.74) is -0.153. The van der Waals surface area contributed by atoms with Crippen molar-refractivity contribution in [2.75, 3.05) is 5.33 Å². The van der Waals surface area contributed by atoms with Gasteiger partial charge < -0.3 is 0 Å². The number of ketones is 1. The third-order valence-corrected chi connectivity index (χ3v) is 8.74. The van der Waals surface area contributed by atoms with E-state index in [1.165, 1.54) is 0 Å². The highest BCUT2D eigenvalue weighted by Crippen LogP contribution is 2.69. The van der Waals surface area contributed by atoms with Crippen molar-refractivity contribution in [3.8, 4) is 0 Å². The molecule has 0 spiro atoms. The molecule has 4 heteroatoms. The minimum atomic E-state index is -0.315. The normalized spacial score (nSPS) is 50.1. The number of rotatable bonds is 1. The van der Waals surface area contributed by atoms with Gasteiger partial charge in [-0.1, -0.05) is 61.6 Å². The SMILES string of the molecule is CC1(C)C(=O)[C@]2(Br)CC[C@@]1(CBr)[C@@H]2Br. The van der Waals surface area contributed by atoms with Gasteiger partial charge in [-0.3, -0.25) is 4.79 Å². The molecular formula is C10H13Br3O. The molecule has 14 heavy (non-hydrogen) atoms. The van der Waals surface area contributed by atoms with Crippen molar-refractivity contribution in [2.24, 2.45) is 10.8 Å². The van der Waals surface area contributed by atoms with Gasteiger partial charge >= 0.3 is 0 Å². The Hall–Kier alpha value is 1.11. The van der Waals surface area contributed by atoms with Crippen LogP contribution < -0.4 is 0 Å². The van der Waals surface area contributed by atoms with Crippen molar-refractivity contribution in [1.29, 1.82) is 0 Å². The largest absolute Gasteiger partial charge is 0.297 e. The van der Waals surface area contributed by atoms with Crippen molar-refractivity contribution in [3.63, 3.8) is 0 Å². The van der Waals surface area contributed by atoms with Gasteiger partial charge in [0.05, 0.1) is 4.32 Å². The van der Waals surface area contributed by atoms with E-state index in [0.29, 0.717) is 5.78 Å². The molecule has 0 aromatic rings. The van der Waals surface area contributed by atoms with Crippen molar-refractivity contribution < 1.29 is 4.79 Å². The average Bonchev–Trinajstić information content (AvgIpc) is 2.45. The molecule has 0 aromatic heterocycles. The monoisotopic (exact) mass is 386 g/mol. The van der Waals surface area contributed by atoms with Crippen molar-refractivity contribution in [3.05, 3.63) is 0 Å². The van der Waals surface area contributed by atoms with Crippen LogP contribution in [-0.2, 0) is 4.79 Å². The topological polar surface area (TPSA) is 17.1 Å². The van der Waals surface area contributed by atoms with Gasteiger partial charge in [0, 0.05) is 21.0 Å². The number of Topliss-reactive ketones (excluding diaryl/α,β-unsaturated/α-hetero) is 1. The van der Waals surface area contributed by atoms with Gasteiger partial charge in [-0.2, -0.15) is 0 Å². The fraction of sp³-hybridized carbons (Fsp3) is 0.900. The molecule has 3 atom stereocenters. The number of carbonyl (C=O) groups is 1. The van der Waals surface area contributed by atoms with E-state index in [1.54, 1.807) is 0 Å². The molecule has 80 valence electrons. The second-order valence-corrected chi connectivity index (χ2v) is 7.86. The maximum atomic E-state index is 12.3. The van der Waals surface area contributed by atoms with Gasteiger partial charge in [0.25, 0.3) is 0 Å². The van der Waals surface area contributed by atoms with Crippen LogP contribution in [0, 0.1) is 10.8 Å². The van der Waals surface area contributed by atoms with Crippen molar-refractivity contribution >= 4 is 53.6 Å². The van der Waals surface area contributed by atoms with Crippen molar-refractivity contribution in [1.82, 2.24) is 0 Å².